The van der Waals surface area contributed by atoms with E-state index in [4.69, 9.17) is 107 Å². The van der Waals surface area contributed by atoms with Gasteiger partial charge in [-0.15, -0.1) is 0 Å². The van der Waals surface area contributed by atoms with Crippen LogP contribution >= 0.6 is 34.8 Å². The summed E-state index contributed by atoms with van der Waals surface area (Å²) in [6.07, 6.45) is -10.7. The maximum atomic E-state index is 9.75. The van der Waals surface area contributed by atoms with Crippen molar-refractivity contribution in [2.24, 2.45) is 17.0 Å². The van der Waals surface area contributed by atoms with Crippen molar-refractivity contribution in [1.29, 1.82) is 5.41 Å². The van der Waals surface area contributed by atoms with E-state index >= 15 is 0 Å². The molecule has 6 heterocycles. The van der Waals surface area contributed by atoms with Crippen LogP contribution in [0.5, 0.6) is 0 Å². The van der Waals surface area contributed by atoms with Crippen molar-refractivity contribution in [3.63, 3.8) is 0 Å². The molecule has 1 N–H and O–H groups in total. The number of hydrogen-bond acceptors (Lipinski definition) is 16. The lowest BCUT2D eigenvalue weighted by atomic mass is 9.88. The van der Waals surface area contributed by atoms with Crippen LogP contribution in [-0.2, 0) is 79.5 Å². The summed E-state index contributed by atoms with van der Waals surface area (Å²) in [5.41, 5.74) is 11.9. The van der Waals surface area contributed by atoms with Crippen LogP contribution in [-0.4, -0.2) is 127 Å². The molecule has 0 amide bonds. The standard InChI is InChI=1S/C51H63Cl3N4O14/c1-7-50-27-62-47(42(50)68-44(72-50)33-21-15-10-16-22-33)65-37-29(3)43(61-26-35(37)60-24-32-19-13-9-14-20-32)67-39-30(4)63-46(41-40(39)70-49(5,6)71-41)66-38-28(2)36(57-58-56)34(25-59-23-31-17-11-8-12-18-31)64-45(38)69-48(55)51(52,53)54/h8-22,28-30,34-47,55H,7,23-27H2,1-6H3/t28?,29?,30?,34?,35-,36-,37?,38?,39+,40?,41?,42?,43+,44+,45-,46+,47+,50+/m1/s1. The van der Waals surface area contributed by atoms with E-state index in [9.17, 15) is 5.53 Å². The quantitative estimate of drug-likeness (QED) is 0.0335. The average Bonchev–Trinajstić information content (AvgIpc) is 4.03. The van der Waals surface area contributed by atoms with E-state index in [-0.39, 0.29) is 26.4 Å². The van der Waals surface area contributed by atoms with Crippen LogP contribution in [0, 0.1) is 17.2 Å². The van der Waals surface area contributed by atoms with Gasteiger partial charge in [-0.1, -0.05) is 152 Å². The molecule has 9 unspecified atom stereocenters. The van der Waals surface area contributed by atoms with Gasteiger partial charge < -0.3 is 66.3 Å². The molecule has 3 aromatic carbocycles. The smallest absolute Gasteiger partial charge is 0.265 e. The Labute approximate surface area is 434 Å². The summed E-state index contributed by atoms with van der Waals surface area (Å²) in [6.45, 7) is 12.3. The van der Waals surface area contributed by atoms with Crippen LogP contribution < -0.4 is 0 Å². The largest absolute Gasteiger partial charge is 0.445 e. The molecule has 392 valence electrons. The number of fused-ring (bicyclic) bond motifs is 2. The minimum atomic E-state index is -2.24. The number of azide groups is 1. The predicted octanol–water partition coefficient (Wildman–Crippen LogP) is 9.22. The second-order valence-corrected chi connectivity index (χ2v) is 21.8. The topological polar surface area (TPSA) is 202 Å². The van der Waals surface area contributed by atoms with Gasteiger partial charge in [0.05, 0.1) is 57.4 Å². The highest BCUT2D eigenvalue weighted by molar-refractivity contribution is 6.76. The van der Waals surface area contributed by atoms with Crippen molar-refractivity contribution in [2.45, 2.75) is 169 Å². The second kappa shape index (κ2) is 22.9. The number of alkyl halides is 3. The molecule has 6 saturated heterocycles. The van der Waals surface area contributed by atoms with Gasteiger partial charge in [0.2, 0.25) is 12.2 Å². The number of nitrogens with zero attached hydrogens (tertiary/aromatic N) is 3. The molecule has 0 radical (unpaired) electrons. The Morgan fingerprint density at radius 2 is 1.39 bits per heavy atom. The molecule has 6 aliphatic rings. The maximum absolute atomic E-state index is 9.75. The fraction of sp³-hybridized carbons (Fsp3) is 0.627. The number of halogens is 3. The lowest BCUT2D eigenvalue weighted by molar-refractivity contribution is -0.354. The molecule has 18 nitrogen and oxygen atoms in total. The van der Waals surface area contributed by atoms with E-state index in [2.05, 4.69) is 16.9 Å². The Kier molecular flexibility index (Phi) is 17.1. The van der Waals surface area contributed by atoms with Crippen LogP contribution in [0.1, 0.15) is 70.9 Å². The fourth-order valence-electron chi connectivity index (χ4n) is 10.3. The van der Waals surface area contributed by atoms with Gasteiger partial charge in [0.25, 0.3) is 3.79 Å². The van der Waals surface area contributed by atoms with E-state index in [1.54, 1.807) is 20.8 Å². The highest BCUT2D eigenvalue weighted by atomic mass is 35.6. The summed E-state index contributed by atoms with van der Waals surface area (Å²) in [5, 5.41) is 12.6. The zero-order valence-electron chi connectivity index (χ0n) is 40.9. The number of rotatable bonds is 17. The van der Waals surface area contributed by atoms with Crippen LogP contribution in [0.15, 0.2) is 96.1 Å². The predicted molar refractivity (Wildman–Crippen MR) is 261 cm³/mol. The van der Waals surface area contributed by atoms with Crippen molar-refractivity contribution in [2.75, 3.05) is 19.8 Å². The van der Waals surface area contributed by atoms with Gasteiger partial charge >= 0.3 is 0 Å². The highest BCUT2D eigenvalue weighted by Gasteiger charge is 2.61. The van der Waals surface area contributed by atoms with E-state index in [1.807, 2.05) is 105 Å². The van der Waals surface area contributed by atoms with Crippen LogP contribution in [0.2, 0.25) is 0 Å². The minimum Gasteiger partial charge on any atom is -0.445 e. The summed E-state index contributed by atoms with van der Waals surface area (Å²) in [5.74, 6) is -2.89. The van der Waals surface area contributed by atoms with Crippen molar-refractivity contribution in [3.8, 4) is 0 Å². The van der Waals surface area contributed by atoms with E-state index in [1.165, 1.54) is 0 Å². The number of benzene rings is 3. The molecule has 0 saturated carbocycles. The maximum Gasteiger partial charge on any atom is 0.265 e. The summed E-state index contributed by atoms with van der Waals surface area (Å²) in [4.78, 5) is 3.13. The van der Waals surface area contributed by atoms with E-state index < -0.39 is 125 Å². The highest BCUT2D eigenvalue weighted by Crippen LogP contribution is 2.48. The Bertz CT molecular complexity index is 2310. The van der Waals surface area contributed by atoms with Gasteiger partial charge in [-0.25, -0.2) is 0 Å². The molecular weight excluding hydrogens is 999 g/mol. The summed E-state index contributed by atoms with van der Waals surface area (Å²) in [7, 11) is 0. The first-order valence-corrected chi connectivity index (χ1v) is 25.6. The van der Waals surface area contributed by atoms with Crippen LogP contribution in [0.4, 0.5) is 0 Å². The number of nitrogens with one attached hydrogen (secondary N) is 1. The zero-order chi connectivity index (χ0) is 50.8. The van der Waals surface area contributed by atoms with Gasteiger partial charge in [-0.3, -0.25) is 5.41 Å². The monoisotopic (exact) mass is 1060 g/mol. The van der Waals surface area contributed by atoms with Crippen LogP contribution in [0.3, 0.4) is 0 Å². The first-order valence-electron chi connectivity index (χ1n) is 24.4. The third kappa shape index (κ3) is 11.9. The zero-order valence-corrected chi connectivity index (χ0v) is 43.2. The van der Waals surface area contributed by atoms with Crippen molar-refractivity contribution >= 4 is 40.7 Å². The molecule has 18 atom stereocenters. The van der Waals surface area contributed by atoms with E-state index in [0.29, 0.717) is 13.0 Å². The molecule has 6 fully saturated rings. The van der Waals surface area contributed by atoms with Gasteiger partial charge in [-0.2, -0.15) is 0 Å². The van der Waals surface area contributed by atoms with E-state index in [0.717, 1.165) is 16.7 Å². The summed E-state index contributed by atoms with van der Waals surface area (Å²) >= 11 is 18.3. The average molecular weight is 1060 g/mol. The molecule has 9 rings (SSSR count). The van der Waals surface area contributed by atoms with Crippen LogP contribution in [0.25, 0.3) is 10.4 Å². The lowest BCUT2D eigenvalue weighted by Gasteiger charge is -2.48. The SMILES string of the molecule is CC[C@]12CO[C@@H](OC3C(C)[C@H](O[C@H]4C(C)O[C@@H](OC5C(C)[C@@H](N=[N+]=[N-])C(COCc6ccccc6)O[C@@H]5OC(=N)C(Cl)(Cl)Cl)C5OC(C)(C)OC54)OC[C@H]3OCc3ccccc3)C1O[C@H](c1ccccc1)O2. The molecule has 6 aliphatic heterocycles. The summed E-state index contributed by atoms with van der Waals surface area (Å²) in [6, 6.07) is 28.5. The third-order valence-corrected chi connectivity index (χ3v) is 14.6. The molecule has 21 heteroatoms. The molecule has 3 aromatic rings. The minimum absolute atomic E-state index is 0.000571. The molecule has 72 heavy (non-hydrogen) atoms. The third-order valence-electron chi connectivity index (χ3n) is 14.1. The van der Waals surface area contributed by atoms with Gasteiger partial charge in [-0.05, 0) is 49.8 Å². The first-order chi connectivity index (χ1) is 34.6. The summed E-state index contributed by atoms with van der Waals surface area (Å²) < 4.78 is 89.3. The Hall–Kier alpha value is -3.21. The molecule has 0 aliphatic carbocycles. The van der Waals surface area contributed by atoms with Gasteiger partial charge in [0.1, 0.15) is 42.2 Å². The molecule has 0 bridgehead atoms. The fourth-order valence-corrected chi connectivity index (χ4v) is 10.4. The van der Waals surface area contributed by atoms with Gasteiger partial charge in [0.15, 0.2) is 30.9 Å². The Balaban J connectivity index is 0.926. The van der Waals surface area contributed by atoms with Crippen molar-refractivity contribution in [1.82, 2.24) is 0 Å². The normalized spacial score (nSPS) is 38.4. The van der Waals surface area contributed by atoms with Crippen molar-refractivity contribution < 1.29 is 66.3 Å². The number of ether oxygens (including phenoxy) is 14. The lowest BCUT2D eigenvalue weighted by Crippen LogP contribution is -2.63. The second-order valence-electron chi connectivity index (χ2n) is 19.5. The molecular formula is C51H63Cl3N4O14. The molecule has 0 aromatic heterocycles. The Morgan fingerprint density at radius 3 is 2.06 bits per heavy atom. The van der Waals surface area contributed by atoms with Gasteiger partial charge in [0, 0.05) is 16.4 Å². The van der Waals surface area contributed by atoms with Crippen molar-refractivity contribution in [3.05, 3.63) is 118 Å². The molecule has 0 spiro atoms. The number of hydrogen-bond donors (Lipinski definition) is 1. The Morgan fingerprint density at radius 1 is 0.750 bits per heavy atom. The first kappa shape index (κ1) is 53.6.